The van der Waals surface area contributed by atoms with E-state index in [1.54, 1.807) is 11.1 Å². The first kappa shape index (κ1) is 14.1. The molecule has 2 aliphatic heterocycles. The molecule has 1 N–H and O–H groups in total. The van der Waals surface area contributed by atoms with Crippen LogP contribution in [0.15, 0.2) is 36.5 Å². The highest BCUT2D eigenvalue weighted by Crippen LogP contribution is 2.21. The van der Waals surface area contributed by atoms with E-state index >= 15 is 0 Å². The second-order valence-corrected chi connectivity index (χ2v) is 6.04. The van der Waals surface area contributed by atoms with Gasteiger partial charge in [-0.2, -0.15) is 0 Å². The van der Waals surface area contributed by atoms with Crippen LogP contribution in [0.5, 0.6) is 0 Å². The van der Waals surface area contributed by atoms with E-state index < -0.39 is 0 Å². The number of piperazine rings is 2. The van der Waals surface area contributed by atoms with E-state index in [0.29, 0.717) is 13.1 Å². The first-order chi connectivity index (χ1) is 11.2. The maximum atomic E-state index is 12.0. The minimum Gasteiger partial charge on any atom is -0.345 e. The van der Waals surface area contributed by atoms with Gasteiger partial charge in [0.05, 0.1) is 12.1 Å². The third-order valence-corrected chi connectivity index (χ3v) is 4.63. The van der Waals surface area contributed by atoms with Crippen molar-refractivity contribution in [3.05, 3.63) is 42.1 Å². The Morgan fingerprint density at radius 1 is 1.17 bits per heavy atom. The maximum Gasteiger partial charge on any atom is 0.244 e. The molecule has 0 radical (unpaired) electrons. The van der Waals surface area contributed by atoms with Gasteiger partial charge in [-0.15, -0.1) is 0 Å². The van der Waals surface area contributed by atoms with Crippen LogP contribution in [0.3, 0.4) is 0 Å². The summed E-state index contributed by atoms with van der Waals surface area (Å²) in [5.41, 5.74) is 2.18. The zero-order valence-electron chi connectivity index (χ0n) is 12.7. The third-order valence-electron chi connectivity index (χ3n) is 4.63. The highest BCUT2D eigenvalue weighted by Gasteiger charge is 2.38. The second-order valence-electron chi connectivity index (χ2n) is 6.04. The molecule has 23 heavy (non-hydrogen) atoms. The number of carbonyl (C=O) groups is 2. The molecule has 3 heterocycles. The predicted molar refractivity (Wildman–Crippen MR) is 85.5 cm³/mol. The van der Waals surface area contributed by atoms with E-state index in [1.807, 2.05) is 18.2 Å². The number of fused-ring (bicyclic) bond motifs is 2. The number of aromatic nitrogens is 1. The van der Waals surface area contributed by atoms with Crippen LogP contribution < -0.4 is 5.32 Å². The summed E-state index contributed by atoms with van der Waals surface area (Å²) in [6.45, 7) is 2.86. The molecule has 6 heteroatoms. The molecule has 1 unspecified atom stereocenters. The monoisotopic (exact) mass is 310 g/mol. The van der Waals surface area contributed by atoms with Crippen LogP contribution in [-0.4, -0.2) is 58.8 Å². The Morgan fingerprint density at radius 2 is 2.09 bits per heavy atom. The lowest BCUT2D eigenvalue weighted by molar-refractivity contribution is -0.149. The van der Waals surface area contributed by atoms with Gasteiger partial charge in [-0.3, -0.25) is 19.5 Å². The van der Waals surface area contributed by atoms with Gasteiger partial charge in [0.15, 0.2) is 0 Å². The zero-order valence-corrected chi connectivity index (χ0v) is 12.7. The molecule has 0 spiro atoms. The Balaban J connectivity index is 1.55. The van der Waals surface area contributed by atoms with Crippen LogP contribution in [0.2, 0.25) is 0 Å². The summed E-state index contributed by atoms with van der Waals surface area (Å²) in [5.74, 6) is -0.0301. The Kier molecular flexibility index (Phi) is 3.46. The summed E-state index contributed by atoms with van der Waals surface area (Å²) in [6.07, 6.45) is 1.79. The fraction of sp³-hybridized carbons (Fsp3) is 0.353. The van der Waals surface area contributed by atoms with Gasteiger partial charge in [0.2, 0.25) is 11.8 Å². The van der Waals surface area contributed by atoms with Crippen molar-refractivity contribution < 1.29 is 9.59 Å². The zero-order chi connectivity index (χ0) is 15.8. The van der Waals surface area contributed by atoms with Crippen molar-refractivity contribution in [1.82, 2.24) is 20.1 Å². The standard InChI is InChI=1S/C17H18N4O2/c22-16-9-19-17(23)15-11-20(7-8-21(15)16)10-12-3-1-5-14-13(12)4-2-6-18-14/h1-6,15H,7-11H2,(H,19,23). The Hall–Kier alpha value is -2.47. The lowest BCUT2D eigenvalue weighted by Gasteiger charge is -2.43. The van der Waals surface area contributed by atoms with Crippen LogP contribution in [0.4, 0.5) is 0 Å². The number of hydrogen-bond donors (Lipinski definition) is 1. The number of rotatable bonds is 2. The van der Waals surface area contributed by atoms with E-state index in [0.717, 1.165) is 24.0 Å². The van der Waals surface area contributed by atoms with Gasteiger partial charge in [0.1, 0.15) is 6.04 Å². The SMILES string of the molecule is O=C1NCC(=O)N2CCN(Cc3cccc4ncccc34)CC12. The van der Waals surface area contributed by atoms with Gasteiger partial charge in [-0.05, 0) is 17.7 Å². The van der Waals surface area contributed by atoms with Gasteiger partial charge in [-0.1, -0.05) is 18.2 Å². The summed E-state index contributed by atoms with van der Waals surface area (Å²) in [5, 5.41) is 3.82. The van der Waals surface area contributed by atoms with Crippen LogP contribution in [0, 0.1) is 0 Å². The molecule has 6 nitrogen and oxygen atoms in total. The van der Waals surface area contributed by atoms with Crippen molar-refractivity contribution in [3.63, 3.8) is 0 Å². The van der Waals surface area contributed by atoms with Crippen LogP contribution in [0.1, 0.15) is 5.56 Å². The van der Waals surface area contributed by atoms with Crippen molar-refractivity contribution in [1.29, 1.82) is 0 Å². The number of hydrogen-bond acceptors (Lipinski definition) is 4. The Morgan fingerprint density at radius 3 is 3.00 bits per heavy atom. The molecular formula is C17H18N4O2. The van der Waals surface area contributed by atoms with Crippen molar-refractivity contribution >= 4 is 22.7 Å². The summed E-state index contributed by atoms with van der Waals surface area (Å²) in [6, 6.07) is 9.77. The highest BCUT2D eigenvalue weighted by atomic mass is 16.2. The molecule has 118 valence electrons. The molecule has 2 saturated heterocycles. The number of pyridine rings is 1. The molecule has 0 saturated carbocycles. The fourth-order valence-corrected chi connectivity index (χ4v) is 3.43. The number of nitrogens with one attached hydrogen (secondary N) is 1. The van der Waals surface area contributed by atoms with Crippen molar-refractivity contribution in [2.75, 3.05) is 26.2 Å². The van der Waals surface area contributed by atoms with Crippen LogP contribution in [-0.2, 0) is 16.1 Å². The molecule has 0 bridgehead atoms. The van der Waals surface area contributed by atoms with Gasteiger partial charge in [0.25, 0.3) is 0 Å². The lowest BCUT2D eigenvalue weighted by Crippen LogP contribution is -2.65. The Labute approximate surface area is 134 Å². The van der Waals surface area contributed by atoms with Crippen LogP contribution in [0.25, 0.3) is 10.9 Å². The summed E-state index contributed by atoms with van der Waals surface area (Å²) in [4.78, 5) is 32.3. The molecular weight excluding hydrogens is 292 g/mol. The second kappa shape index (κ2) is 5.62. The van der Waals surface area contributed by atoms with Crippen molar-refractivity contribution in [3.8, 4) is 0 Å². The molecule has 2 aromatic rings. The van der Waals surface area contributed by atoms with Gasteiger partial charge < -0.3 is 10.2 Å². The summed E-state index contributed by atoms with van der Waals surface area (Å²) >= 11 is 0. The Bertz CT molecular complexity index is 771. The molecule has 2 amide bonds. The van der Waals surface area contributed by atoms with Gasteiger partial charge >= 0.3 is 0 Å². The van der Waals surface area contributed by atoms with E-state index in [-0.39, 0.29) is 24.4 Å². The lowest BCUT2D eigenvalue weighted by atomic mass is 10.0. The summed E-state index contributed by atoms with van der Waals surface area (Å²) < 4.78 is 0. The number of amides is 2. The molecule has 1 aromatic carbocycles. The molecule has 4 rings (SSSR count). The van der Waals surface area contributed by atoms with E-state index in [1.165, 1.54) is 5.56 Å². The average Bonchev–Trinajstić information content (AvgIpc) is 2.59. The molecule has 1 atom stereocenters. The predicted octanol–water partition coefficient (Wildman–Crippen LogP) is 0.377. The summed E-state index contributed by atoms with van der Waals surface area (Å²) in [7, 11) is 0. The van der Waals surface area contributed by atoms with E-state index in [4.69, 9.17) is 0 Å². The average molecular weight is 310 g/mol. The minimum absolute atomic E-state index is 0.0172. The molecule has 1 aromatic heterocycles. The number of nitrogens with zero attached hydrogens (tertiary/aromatic N) is 3. The van der Waals surface area contributed by atoms with E-state index in [9.17, 15) is 9.59 Å². The molecule has 2 fully saturated rings. The van der Waals surface area contributed by atoms with Crippen LogP contribution >= 0.6 is 0 Å². The van der Waals surface area contributed by atoms with Crippen molar-refractivity contribution in [2.45, 2.75) is 12.6 Å². The largest absolute Gasteiger partial charge is 0.345 e. The molecule has 0 aliphatic carbocycles. The first-order valence-corrected chi connectivity index (χ1v) is 7.84. The van der Waals surface area contributed by atoms with Crippen molar-refractivity contribution in [2.24, 2.45) is 0 Å². The van der Waals surface area contributed by atoms with Gasteiger partial charge in [-0.25, -0.2) is 0 Å². The topological polar surface area (TPSA) is 65.5 Å². The minimum atomic E-state index is -0.363. The molecule has 2 aliphatic rings. The fourth-order valence-electron chi connectivity index (χ4n) is 3.43. The third kappa shape index (κ3) is 2.55. The normalized spacial score (nSPS) is 22.1. The maximum absolute atomic E-state index is 12.0. The van der Waals surface area contributed by atoms with E-state index in [2.05, 4.69) is 27.3 Å². The smallest absolute Gasteiger partial charge is 0.244 e. The highest BCUT2D eigenvalue weighted by molar-refractivity contribution is 5.95. The number of benzene rings is 1. The number of carbonyl (C=O) groups excluding carboxylic acids is 2. The quantitative estimate of drug-likeness (QED) is 0.871. The first-order valence-electron chi connectivity index (χ1n) is 7.84. The van der Waals surface area contributed by atoms with Gasteiger partial charge in [0, 0.05) is 37.8 Å².